The molecule has 4 rings (SSSR count). The van der Waals surface area contributed by atoms with E-state index in [4.69, 9.17) is 9.47 Å². The lowest BCUT2D eigenvalue weighted by molar-refractivity contribution is 0.0687. The monoisotopic (exact) mass is 538 g/mol. The molecule has 0 fully saturated rings. The molecular formula is C32H30N2O6. The van der Waals surface area contributed by atoms with Crippen LogP contribution < -0.4 is 20.1 Å². The van der Waals surface area contributed by atoms with Crippen LogP contribution in [-0.2, 0) is 0 Å². The molecule has 0 radical (unpaired) electrons. The highest BCUT2D eigenvalue weighted by Gasteiger charge is 2.10. The quantitative estimate of drug-likeness (QED) is 0.0971. The number of anilines is 4. The summed E-state index contributed by atoms with van der Waals surface area (Å²) in [5.74, 6) is -0.490. The first-order valence-electron chi connectivity index (χ1n) is 12.8. The lowest BCUT2D eigenvalue weighted by atomic mass is 10.1. The molecule has 0 atom stereocenters. The summed E-state index contributed by atoms with van der Waals surface area (Å²) in [6, 6.07) is 28.3. The van der Waals surface area contributed by atoms with Crippen LogP contribution in [0, 0.1) is 0 Å². The van der Waals surface area contributed by atoms with Gasteiger partial charge in [0.25, 0.3) is 0 Å². The fraction of sp³-hybridized carbons (Fsp3) is 0.125. The van der Waals surface area contributed by atoms with Crippen LogP contribution >= 0.6 is 0 Å². The minimum atomic E-state index is -0.979. The standard InChI is InChI=1S/C32H30N2O6/c35-31(36)27-9-3-5-11-29(27)33-23-13-17-25(18-14-23)39-21-7-1-2-8-22-40-26-19-15-24(16-20-26)34-30-12-6-4-10-28(30)32(37)38/h1-6,9-20,33-34H,7-8,21-22H2,(H,35,36)(H,37,38)/b2-1+. The van der Waals surface area contributed by atoms with Crippen LogP contribution in [0.3, 0.4) is 0 Å². The van der Waals surface area contributed by atoms with Crippen molar-refractivity contribution in [3.05, 3.63) is 120 Å². The van der Waals surface area contributed by atoms with Gasteiger partial charge in [0.1, 0.15) is 11.5 Å². The van der Waals surface area contributed by atoms with Gasteiger partial charge >= 0.3 is 11.9 Å². The summed E-state index contributed by atoms with van der Waals surface area (Å²) in [5.41, 5.74) is 3.04. The molecule has 0 aliphatic heterocycles. The molecule has 0 amide bonds. The number of carboxylic acid groups (broad SMARTS) is 2. The molecule has 4 aromatic carbocycles. The van der Waals surface area contributed by atoms with Crippen LogP contribution in [0.5, 0.6) is 11.5 Å². The van der Waals surface area contributed by atoms with E-state index in [1.54, 1.807) is 48.5 Å². The van der Waals surface area contributed by atoms with E-state index >= 15 is 0 Å². The Kier molecular flexibility index (Phi) is 9.77. The van der Waals surface area contributed by atoms with Crippen molar-refractivity contribution >= 4 is 34.7 Å². The zero-order valence-electron chi connectivity index (χ0n) is 21.7. The van der Waals surface area contributed by atoms with Crippen LogP contribution in [0.25, 0.3) is 0 Å². The first-order valence-corrected chi connectivity index (χ1v) is 12.8. The van der Waals surface area contributed by atoms with Gasteiger partial charge < -0.3 is 30.3 Å². The molecule has 0 aliphatic rings. The molecule has 0 aliphatic carbocycles. The third-order valence-electron chi connectivity index (χ3n) is 5.85. The topological polar surface area (TPSA) is 117 Å². The first kappa shape index (κ1) is 27.8. The zero-order chi connectivity index (χ0) is 28.2. The Bertz CT molecular complexity index is 1340. The second kappa shape index (κ2) is 14.1. The first-order chi connectivity index (χ1) is 19.5. The molecule has 0 unspecified atom stereocenters. The molecule has 0 heterocycles. The van der Waals surface area contributed by atoms with Crippen LogP contribution in [0.2, 0.25) is 0 Å². The number of aromatic carboxylic acids is 2. The maximum atomic E-state index is 11.4. The molecule has 8 heteroatoms. The second-order valence-corrected chi connectivity index (χ2v) is 8.75. The molecule has 8 nitrogen and oxygen atoms in total. The van der Waals surface area contributed by atoms with Crippen molar-refractivity contribution in [3.63, 3.8) is 0 Å². The predicted molar refractivity (Wildman–Crippen MR) is 156 cm³/mol. The summed E-state index contributed by atoms with van der Waals surface area (Å²) in [5, 5.41) is 24.9. The molecular weight excluding hydrogens is 508 g/mol. The summed E-state index contributed by atoms with van der Waals surface area (Å²) in [6.07, 6.45) is 5.61. The zero-order valence-corrected chi connectivity index (χ0v) is 21.7. The van der Waals surface area contributed by atoms with E-state index in [2.05, 4.69) is 22.8 Å². The Morgan fingerprint density at radius 3 is 1.32 bits per heavy atom. The fourth-order valence-corrected chi connectivity index (χ4v) is 3.86. The minimum Gasteiger partial charge on any atom is -0.493 e. The number of hydrogen-bond acceptors (Lipinski definition) is 6. The van der Waals surface area contributed by atoms with Crippen molar-refractivity contribution in [1.82, 2.24) is 0 Å². The summed E-state index contributed by atoms with van der Waals surface area (Å²) >= 11 is 0. The third kappa shape index (κ3) is 8.13. The Morgan fingerprint density at radius 2 is 0.950 bits per heavy atom. The highest BCUT2D eigenvalue weighted by atomic mass is 16.5. The van der Waals surface area contributed by atoms with E-state index in [0.717, 1.165) is 35.7 Å². The molecule has 0 saturated carbocycles. The van der Waals surface area contributed by atoms with Crippen molar-refractivity contribution in [3.8, 4) is 11.5 Å². The van der Waals surface area contributed by atoms with Gasteiger partial charge in [0.2, 0.25) is 0 Å². The van der Waals surface area contributed by atoms with Crippen LogP contribution in [-0.4, -0.2) is 35.4 Å². The van der Waals surface area contributed by atoms with E-state index in [9.17, 15) is 19.8 Å². The molecule has 40 heavy (non-hydrogen) atoms. The van der Waals surface area contributed by atoms with Gasteiger partial charge in [0.05, 0.1) is 35.7 Å². The van der Waals surface area contributed by atoms with Crippen LogP contribution in [0.4, 0.5) is 22.7 Å². The number of carboxylic acids is 2. The lowest BCUT2D eigenvalue weighted by Gasteiger charge is -2.11. The third-order valence-corrected chi connectivity index (χ3v) is 5.85. The summed E-state index contributed by atoms with van der Waals surface area (Å²) in [4.78, 5) is 22.7. The van der Waals surface area contributed by atoms with Gasteiger partial charge in [-0.05, 0) is 85.6 Å². The van der Waals surface area contributed by atoms with Crippen LogP contribution in [0.15, 0.2) is 109 Å². The van der Waals surface area contributed by atoms with Gasteiger partial charge in [0, 0.05) is 11.4 Å². The average molecular weight is 539 g/mol. The van der Waals surface area contributed by atoms with Crippen molar-refractivity contribution in [1.29, 1.82) is 0 Å². The molecule has 4 aromatic rings. The number of carbonyl (C=O) groups is 2. The van der Waals surface area contributed by atoms with Crippen molar-refractivity contribution in [2.24, 2.45) is 0 Å². The lowest BCUT2D eigenvalue weighted by Crippen LogP contribution is -2.02. The van der Waals surface area contributed by atoms with Crippen molar-refractivity contribution < 1.29 is 29.3 Å². The smallest absolute Gasteiger partial charge is 0.337 e. The van der Waals surface area contributed by atoms with Gasteiger partial charge in [-0.25, -0.2) is 9.59 Å². The summed E-state index contributed by atoms with van der Waals surface area (Å²) < 4.78 is 11.6. The SMILES string of the molecule is O=C(O)c1ccccc1Nc1ccc(OCC/C=C/CCOc2ccc(Nc3ccccc3C(=O)O)cc2)cc1. The van der Waals surface area contributed by atoms with Crippen molar-refractivity contribution in [2.45, 2.75) is 12.8 Å². The maximum absolute atomic E-state index is 11.4. The Hall–Kier alpha value is -5.24. The fourth-order valence-electron chi connectivity index (χ4n) is 3.86. The van der Waals surface area contributed by atoms with E-state index in [0.29, 0.717) is 24.6 Å². The van der Waals surface area contributed by atoms with Gasteiger partial charge in [0.15, 0.2) is 0 Å². The Labute approximate surface area is 232 Å². The average Bonchev–Trinajstić information content (AvgIpc) is 2.96. The molecule has 0 aromatic heterocycles. The molecule has 0 spiro atoms. The summed E-state index contributed by atoms with van der Waals surface area (Å²) in [7, 11) is 0. The summed E-state index contributed by atoms with van der Waals surface area (Å²) in [6.45, 7) is 1.07. The molecule has 0 bridgehead atoms. The van der Waals surface area contributed by atoms with E-state index in [1.807, 2.05) is 48.5 Å². The van der Waals surface area contributed by atoms with Gasteiger partial charge in [-0.3, -0.25) is 0 Å². The number of rotatable bonds is 14. The maximum Gasteiger partial charge on any atom is 0.337 e. The van der Waals surface area contributed by atoms with Crippen LogP contribution in [0.1, 0.15) is 33.6 Å². The van der Waals surface area contributed by atoms with E-state index < -0.39 is 11.9 Å². The number of ether oxygens (including phenoxy) is 2. The largest absolute Gasteiger partial charge is 0.493 e. The second-order valence-electron chi connectivity index (χ2n) is 8.75. The number of para-hydroxylation sites is 2. The Balaban J connectivity index is 1.13. The normalized spacial score (nSPS) is 10.7. The predicted octanol–water partition coefficient (Wildman–Crippen LogP) is 7.36. The van der Waals surface area contributed by atoms with Gasteiger partial charge in [-0.15, -0.1) is 0 Å². The van der Waals surface area contributed by atoms with E-state index in [1.165, 1.54) is 0 Å². The highest BCUT2D eigenvalue weighted by molar-refractivity contribution is 5.95. The Morgan fingerprint density at radius 1 is 0.575 bits per heavy atom. The number of nitrogens with one attached hydrogen (secondary N) is 2. The molecule has 0 saturated heterocycles. The van der Waals surface area contributed by atoms with Crippen molar-refractivity contribution in [2.75, 3.05) is 23.8 Å². The molecule has 4 N–H and O–H groups in total. The number of benzene rings is 4. The van der Waals surface area contributed by atoms with Gasteiger partial charge in [-0.1, -0.05) is 36.4 Å². The van der Waals surface area contributed by atoms with Gasteiger partial charge in [-0.2, -0.15) is 0 Å². The minimum absolute atomic E-state index is 0.215. The van der Waals surface area contributed by atoms with E-state index in [-0.39, 0.29) is 11.1 Å². The number of hydrogen-bond donors (Lipinski definition) is 4. The highest BCUT2D eigenvalue weighted by Crippen LogP contribution is 2.24. The molecule has 204 valence electrons.